The van der Waals surface area contributed by atoms with Crippen LogP contribution >= 0.6 is 0 Å². The first-order chi connectivity index (χ1) is 10.6. The molecule has 1 aromatic rings. The van der Waals surface area contributed by atoms with Crippen LogP contribution in [0.15, 0.2) is 36.4 Å². The highest BCUT2D eigenvalue weighted by atomic mass is 16.5. The van der Waals surface area contributed by atoms with Gasteiger partial charge in [-0.1, -0.05) is 18.2 Å². The molecule has 5 heteroatoms. The number of methoxy groups -OCH3 is 1. The topological polar surface area (TPSA) is 64.6 Å². The Morgan fingerprint density at radius 1 is 1.32 bits per heavy atom. The molecule has 0 unspecified atom stereocenters. The van der Waals surface area contributed by atoms with Gasteiger partial charge in [-0.05, 0) is 38.3 Å². The minimum atomic E-state index is -0.829. The van der Waals surface area contributed by atoms with E-state index in [9.17, 15) is 9.59 Å². The number of hydrogen-bond donors (Lipinski definition) is 1. The fourth-order valence-electron chi connectivity index (χ4n) is 2.28. The first kappa shape index (κ1) is 16.1. The van der Waals surface area contributed by atoms with Crippen molar-refractivity contribution in [3.05, 3.63) is 36.4 Å². The molecule has 1 aromatic carbocycles. The molecule has 0 bridgehead atoms. The van der Waals surface area contributed by atoms with E-state index < -0.39 is 6.10 Å². The number of benzene rings is 1. The Morgan fingerprint density at radius 2 is 2.14 bits per heavy atom. The Labute approximate surface area is 130 Å². The number of amides is 1. The zero-order chi connectivity index (χ0) is 15.9. The highest BCUT2D eigenvalue weighted by Gasteiger charge is 2.25. The quantitative estimate of drug-likeness (QED) is 0.671. The number of carbonyl (C=O) groups excluding carboxylic acids is 2. The second-order valence-electron chi connectivity index (χ2n) is 5.28. The van der Waals surface area contributed by atoms with Crippen molar-refractivity contribution in [2.75, 3.05) is 12.4 Å². The molecule has 0 spiro atoms. The summed E-state index contributed by atoms with van der Waals surface area (Å²) in [6.45, 7) is 1.58. The largest absolute Gasteiger partial charge is 0.497 e. The Kier molecular flexibility index (Phi) is 5.58. The number of allylic oxidation sites excluding steroid dienone is 2. The number of carbonyl (C=O) groups is 2. The first-order valence-electron chi connectivity index (χ1n) is 7.40. The smallest absolute Gasteiger partial charge is 0.310 e. The lowest BCUT2D eigenvalue weighted by atomic mass is 9.95. The van der Waals surface area contributed by atoms with Gasteiger partial charge in [0.15, 0.2) is 6.10 Å². The summed E-state index contributed by atoms with van der Waals surface area (Å²) < 4.78 is 10.4. The van der Waals surface area contributed by atoms with Crippen LogP contribution in [0.4, 0.5) is 5.69 Å². The third-order valence-corrected chi connectivity index (χ3v) is 3.60. The fraction of sp³-hybridized carbons (Fsp3) is 0.412. The third-order valence-electron chi connectivity index (χ3n) is 3.60. The molecule has 0 saturated heterocycles. The van der Waals surface area contributed by atoms with Gasteiger partial charge in [-0.25, -0.2) is 0 Å². The maximum atomic E-state index is 12.1. The van der Waals surface area contributed by atoms with Crippen molar-refractivity contribution < 1.29 is 19.1 Å². The van der Waals surface area contributed by atoms with Crippen LogP contribution in [0.25, 0.3) is 0 Å². The van der Waals surface area contributed by atoms with E-state index >= 15 is 0 Å². The second-order valence-corrected chi connectivity index (χ2v) is 5.28. The minimum Gasteiger partial charge on any atom is -0.497 e. The highest BCUT2D eigenvalue weighted by Crippen LogP contribution is 2.21. The third kappa shape index (κ3) is 4.35. The maximum Gasteiger partial charge on any atom is 0.310 e. The lowest BCUT2D eigenvalue weighted by Gasteiger charge is -2.19. The molecule has 2 atom stereocenters. The van der Waals surface area contributed by atoms with E-state index in [1.54, 1.807) is 38.3 Å². The molecule has 0 aromatic heterocycles. The van der Waals surface area contributed by atoms with Gasteiger partial charge in [-0.3, -0.25) is 9.59 Å². The average Bonchev–Trinajstić information content (AvgIpc) is 2.55. The molecule has 1 N–H and O–H groups in total. The number of ether oxygens (including phenoxy) is 2. The summed E-state index contributed by atoms with van der Waals surface area (Å²) in [4.78, 5) is 24.1. The molecule has 5 nitrogen and oxygen atoms in total. The SMILES string of the molecule is COc1cccc(NC(=O)[C@@H](C)OC(=O)[C@H]2CC=CCC2)c1. The molecule has 0 fully saturated rings. The van der Waals surface area contributed by atoms with Crippen molar-refractivity contribution in [2.45, 2.75) is 32.3 Å². The van der Waals surface area contributed by atoms with Crippen molar-refractivity contribution in [3.63, 3.8) is 0 Å². The molecule has 22 heavy (non-hydrogen) atoms. The van der Waals surface area contributed by atoms with E-state index in [-0.39, 0.29) is 17.8 Å². The van der Waals surface area contributed by atoms with Crippen molar-refractivity contribution in [3.8, 4) is 5.75 Å². The van der Waals surface area contributed by atoms with Crippen molar-refractivity contribution in [1.82, 2.24) is 0 Å². The van der Waals surface area contributed by atoms with Crippen LogP contribution < -0.4 is 10.1 Å². The van der Waals surface area contributed by atoms with Crippen LogP contribution in [0.1, 0.15) is 26.2 Å². The Hall–Kier alpha value is -2.30. The monoisotopic (exact) mass is 303 g/mol. The normalized spacial score (nSPS) is 18.4. The number of rotatable bonds is 5. The van der Waals surface area contributed by atoms with Gasteiger partial charge in [0, 0.05) is 11.8 Å². The van der Waals surface area contributed by atoms with Gasteiger partial charge in [0.1, 0.15) is 5.75 Å². The zero-order valence-electron chi connectivity index (χ0n) is 12.9. The Balaban J connectivity index is 1.88. The number of hydrogen-bond acceptors (Lipinski definition) is 4. The molecule has 2 rings (SSSR count). The highest BCUT2D eigenvalue weighted by molar-refractivity contribution is 5.95. The summed E-state index contributed by atoms with van der Waals surface area (Å²) in [5.41, 5.74) is 0.604. The van der Waals surface area contributed by atoms with E-state index in [0.29, 0.717) is 17.9 Å². The molecule has 0 radical (unpaired) electrons. The van der Waals surface area contributed by atoms with Gasteiger partial charge in [-0.15, -0.1) is 0 Å². The standard InChI is InChI=1S/C17H21NO4/c1-12(22-17(20)13-7-4-3-5-8-13)16(19)18-14-9-6-10-15(11-14)21-2/h3-4,6,9-13H,5,7-8H2,1-2H3,(H,18,19)/t12-,13+/m1/s1. The van der Waals surface area contributed by atoms with Gasteiger partial charge in [0.05, 0.1) is 13.0 Å². The van der Waals surface area contributed by atoms with Gasteiger partial charge < -0.3 is 14.8 Å². The molecule has 1 aliphatic carbocycles. The van der Waals surface area contributed by atoms with Crippen LogP contribution in [-0.4, -0.2) is 25.1 Å². The predicted molar refractivity (Wildman–Crippen MR) is 83.7 cm³/mol. The molecule has 1 amide bonds. The van der Waals surface area contributed by atoms with E-state index in [0.717, 1.165) is 12.8 Å². The number of nitrogens with one attached hydrogen (secondary N) is 1. The molecule has 0 aliphatic heterocycles. The first-order valence-corrected chi connectivity index (χ1v) is 7.40. The van der Waals surface area contributed by atoms with E-state index in [1.165, 1.54) is 0 Å². The van der Waals surface area contributed by atoms with E-state index in [4.69, 9.17) is 9.47 Å². The summed E-state index contributed by atoms with van der Waals surface area (Å²) in [6, 6.07) is 7.02. The van der Waals surface area contributed by atoms with Crippen molar-refractivity contribution in [2.24, 2.45) is 5.92 Å². The molecule has 0 heterocycles. The summed E-state index contributed by atoms with van der Waals surface area (Å²) >= 11 is 0. The van der Waals surface area contributed by atoms with Crippen LogP contribution in [-0.2, 0) is 14.3 Å². The van der Waals surface area contributed by atoms with Crippen LogP contribution in [0.2, 0.25) is 0 Å². The zero-order valence-corrected chi connectivity index (χ0v) is 12.9. The average molecular weight is 303 g/mol. The summed E-state index contributed by atoms with van der Waals surface area (Å²) in [7, 11) is 1.56. The van der Waals surface area contributed by atoms with Gasteiger partial charge in [-0.2, -0.15) is 0 Å². The summed E-state index contributed by atoms with van der Waals surface area (Å²) in [5, 5.41) is 2.71. The van der Waals surface area contributed by atoms with Gasteiger partial charge in [0.2, 0.25) is 0 Å². The molecular weight excluding hydrogens is 282 g/mol. The van der Waals surface area contributed by atoms with Gasteiger partial charge >= 0.3 is 5.97 Å². The minimum absolute atomic E-state index is 0.142. The van der Waals surface area contributed by atoms with E-state index in [2.05, 4.69) is 11.4 Å². The van der Waals surface area contributed by atoms with Crippen LogP contribution in [0, 0.1) is 5.92 Å². The van der Waals surface area contributed by atoms with E-state index in [1.807, 2.05) is 6.08 Å². The van der Waals surface area contributed by atoms with Crippen LogP contribution in [0.5, 0.6) is 5.75 Å². The van der Waals surface area contributed by atoms with Crippen LogP contribution in [0.3, 0.4) is 0 Å². The number of esters is 1. The van der Waals surface area contributed by atoms with Crippen molar-refractivity contribution in [1.29, 1.82) is 0 Å². The maximum absolute atomic E-state index is 12.1. The Morgan fingerprint density at radius 3 is 2.82 bits per heavy atom. The fourth-order valence-corrected chi connectivity index (χ4v) is 2.28. The van der Waals surface area contributed by atoms with Crippen molar-refractivity contribution >= 4 is 17.6 Å². The molecule has 1 aliphatic rings. The lowest BCUT2D eigenvalue weighted by molar-refractivity contribution is -0.157. The Bertz CT molecular complexity index is 568. The van der Waals surface area contributed by atoms with Gasteiger partial charge in [0.25, 0.3) is 5.91 Å². The molecular formula is C17H21NO4. The molecule has 0 saturated carbocycles. The summed E-state index contributed by atoms with van der Waals surface area (Å²) in [6.07, 6.45) is 5.55. The predicted octanol–water partition coefficient (Wildman–Crippen LogP) is 2.92. The lowest BCUT2D eigenvalue weighted by Crippen LogP contribution is -2.32. The second kappa shape index (κ2) is 7.64. The number of anilines is 1. The summed E-state index contributed by atoms with van der Waals surface area (Å²) in [5.74, 6) is -0.154. The molecule has 118 valence electrons.